The van der Waals surface area contributed by atoms with Gasteiger partial charge in [0.15, 0.2) is 0 Å². The monoisotopic (exact) mass is 266 g/mol. The molecule has 0 spiro atoms. The maximum Gasteiger partial charge on any atom is 0.139 e. The number of nitrogens with two attached hydrogens (primary N) is 1. The highest BCUT2D eigenvalue weighted by Crippen LogP contribution is 2.14. The van der Waals surface area contributed by atoms with Crippen LogP contribution in [0.2, 0.25) is 0 Å². The molecule has 0 unspecified atom stereocenters. The molecule has 5 heteroatoms. The zero-order chi connectivity index (χ0) is 14.1. The molecule has 0 aliphatic heterocycles. The minimum atomic E-state index is 0.586. The van der Waals surface area contributed by atoms with Crippen molar-refractivity contribution in [2.45, 2.75) is 39.3 Å². The Hall–Kier alpha value is -1.17. The summed E-state index contributed by atoms with van der Waals surface area (Å²) < 4.78 is 5.20. The van der Waals surface area contributed by atoms with E-state index >= 15 is 0 Å². The summed E-state index contributed by atoms with van der Waals surface area (Å²) in [5.41, 5.74) is 3.74. The lowest BCUT2D eigenvalue weighted by Crippen LogP contribution is -2.36. The van der Waals surface area contributed by atoms with Crippen LogP contribution >= 0.6 is 0 Å². The Morgan fingerprint density at radius 3 is 2.58 bits per heavy atom. The van der Waals surface area contributed by atoms with Crippen molar-refractivity contribution >= 4 is 5.82 Å². The van der Waals surface area contributed by atoms with E-state index in [0.717, 1.165) is 32.5 Å². The van der Waals surface area contributed by atoms with Gasteiger partial charge in [0.25, 0.3) is 0 Å². The molecule has 1 rings (SSSR count). The predicted octanol–water partition coefficient (Wildman–Crippen LogP) is 2.00. The Kier molecular flexibility index (Phi) is 7.40. The summed E-state index contributed by atoms with van der Waals surface area (Å²) in [7, 11) is 1.74. The summed E-state index contributed by atoms with van der Waals surface area (Å²) in [5.74, 6) is 6.01. The first-order valence-electron chi connectivity index (χ1n) is 6.89. The minimum Gasteiger partial charge on any atom is -0.383 e. The summed E-state index contributed by atoms with van der Waals surface area (Å²) in [4.78, 5) is 6.70. The van der Waals surface area contributed by atoms with Gasteiger partial charge >= 0.3 is 0 Å². The number of aromatic nitrogens is 1. The molecule has 0 bridgehead atoms. The quantitative estimate of drug-likeness (QED) is 0.529. The van der Waals surface area contributed by atoms with Gasteiger partial charge in [-0.25, -0.2) is 10.8 Å². The van der Waals surface area contributed by atoms with E-state index in [-0.39, 0.29) is 0 Å². The van der Waals surface area contributed by atoms with E-state index in [2.05, 4.69) is 35.2 Å². The average Bonchev–Trinajstić information content (AvgIpc) is 2.46. The number of rotatable bonds is 9. The summed E-state index contributed by atoms with van der Waals surface area (Å²) in [6.45, 7) is 7.06. The summed E-state index contributed by atoms with van der Waals surface area (Å²) >= 11 is 0. The smallest absolute Gasteiger partial charge is 0.139 e. The topological polar surface area (TPSA) is 63.4 Å². The van der Waals surface area contributed by atoms with Gasteiger partial charge in [0.05, 0.1) is 6.61 Å². The van der Waals surface area contributed by atoms with E-state index in [0.29, 0.717) is 11.9 Å². The zero-order valence-corrected chi connectivity index (χ0v) is 12.2. The molecule has 0 aromatic carbocycles. The number of methoxy groups -OCH3 is 1. The van der Waals surface area contributed by atoms with Crippen LogP contribution in [0.4, 0.5) is 5.82 Å². The predicted molar refractivity (Wildman–Crippen MR) is 78.7 cm³/mol. The molecule has 1 aromatic heterocycles. The molecular formula is C14H26N4O. The van der Waals surface area contributed by atoms with E-state index in [4.69, 9.17) is 10.6 Å². The second kappa shape index (κ2) is 8.85. The molecule has 0 saturated carbocycles. The molecule has 0 aliphatic carbocycles. The Morgan fingerprint density at radius 1 is 1.37 bits per heavy atom. The maximum atomic E-state index is 5.32. The molecule has 5 nitrogen and oxygen atoms in total. The normalized spacial score (nSPS) is 11.3. The lowest BCUT2D eigenvalue weighted by molar-refractivity contribution is 0.110. The molecule has 1 heterocycles. The Balaban J connectivity index is 2.68. The van der Waals surface area contributed by atoms with Gasteiger partial charge in [-0.15, -0.1) is 0 Å². The number of nitrogens with one attached hydrogen (secondary N) is 1. The first kappa shape index (κ1) is 15.9. The van der Waals surface area contributed by atoms with Crippen molar-refractivity contribution in [3.05, 3.63) is 23.9 Å². The van der Waals surface area contributed by atoms with Crippen LogP contribution in [-0.4, -0.2) is 36.2 Å². The molecule has 1 aromatic rings. The van der Waals surface area contributed by atoms with Crippen LogP contribution < -0.4 is 11.3 Å². The van der Waals surface area contributed by atoms with Crippen molar-refractivity contribution in [2.75, 3.05) is 25.7 Å². The number of nitrogens with zero attached hydrogens (tertiary/aromatic N) is 2. The van der Waals surface area contributed by atoms with Crippen molar-refractivity contribution in [3.63, 3.8) is 0 Å². The zero-order valence-electron chi connectivity index (χ0n) is 12.2. The summed E-state index contributed by atoms with van der Waals surface area (Å²) in [6, 6.07) is 4.55. The molecular weight excluding hydrogens is 240 g/mol. The Labute approximate surface area is 116 Å². The largest absolute Gasteiger partial charge is 0.383 e. The third-order valence-corrected chi connectivity index (χ3v) is 3.40. The second-order valence-corrected chi connectivity index (χ2v) is 4.63. The molecule has 0 aliphatic rings. The minimum absolute atomic E-state index is 0.586. The van der Waals surface area contributed by atoms with Crippen molar-refractivity contribution in [1.29, 1.82) is 0 Å². The van der Waals surface area contributed by atoms with Crippen molar-refractivity contribution in [1.82, 2.24) is 9.88 Å². The second-order valence-electron chi connectivity index (χ2n) is 4.63. The van der Waals surface area contributed by atoms with E-state index in [9.17, 15) is 0 Å². The van der Waals surface area contributed by atoms with Crippen molar-refractivity contribution in [3.8, 4) is 0 Å². The van der Waals surface area contributed by atoms with Gasteiger partial charge in [-0.3, -0.25) is 4.90 Å². The van der Waals surface area contributed by atoms with Gasteiger partial charge in [-0.05, 0) is 24.5 Å². The van der Waals surface area contributed by atoms with Gasteiger partial charge in [-0.1, -0.05) is 19.9 Å². The standard InChI is InChI=1S/C14H26N4O/c1-4-13(5-2)18(8-9-19-3)11-12-6-7-14(17-15)16-10-12/h6-7,10,13H,4-5,8-9,11,15H2,1-3H3,(H,16,17). The van der Waals surface area contributed by atoms with Crippen LogP contribution in [0.5, 0.6) is 0 Å². The Morgan fingerprint density at radius 2 is 2.11 bits per heavy atom. The van der Waals surface area contributed by atoms with Crippen LogP contribution in [-0.2, 0) is 11.3 Å². The van der Waals surface area contributed by atoms with Gasteiger partial charge < -0.3 is 10.2 Å². The maximum absolute atomic E-state index is 5.32. The van der Waals surface area contributed by atoms with Crippen molar-refractivity contribution in [2.24, 2.45) is 5.84 Å². The van der Waals surface area contributed by atoms with Crippen LogP contribution in [0.25, 0.3) is 0 Å². The van der Waals surface area contributed by atoms with Crippen molar-refractivity contribution < 1.29 is 4.74 Å². The van der Waals surface area contributed by atoms with E-state index in [1.807, 2.05) is 12.3 Å². The molecule has 3 N–H and O–H groups in total. The SMILES string of the molecule is CCC(CC)N(CCOC)Cc1ccc(NN)nc1. The molecule has 0 saturated heterocycles. The lowest BCUT2D eigenvalue weighted by atomic mass is 10.1. The first-order chi connectivity index (χ1) is 9.24. The molecule has 0 radical (unpaired) electrons. The van der Waals surface area contributed by atoms with E-state index in [1.54, 1.807) is 7.11 Å². The number of hydrogen-bond donors (Lipinski definition) is 2. The van der Waals surface area contributed by atoms with Gasteiger partial charge in [-0.2, -0.15) is 0 Å². The first-order valence-corrected chi connectivity index (χ1v) is 6.89. The third-order valence-electron chi connectivity index (χ3n) is 3.40. The lowest BCUT2D eigenvalue weighted by Gasteiger charge is -2.30. The fourth-order valence-electron chi connectivity index (χ4n) is 2.24. The number of anilines is 1. The molecule has 19 heavy (non-hydrogen) atoms. The molecule has 108 valence electrons. The fraction of sp³-hybridized carbons (Fsp3) is 0.643. The number of pyridine rings is 1. The average molecular weight is 266 g/mol. The highest BCUT2D eigenvalue weighted by atomic mass is 16.5. The Bertz CT molecular complexity index is 338. The van der Waals surface area contributed by atoms with E-state index < -0.39 is 0 Å². The number of nitrogen functional groups attached to an aromatic ring is 1. The van der Waals surface area contributed by atoms with Crippen LogP contribution in [0.15, 0.2) is 18.3 Å². The summed E-state index contributed by atoms with van der Waals surface area (Å²) in [5, 5.41) is 0. The summed E-state index contributed by atoms with van der Waals surface area (Å²) in [6.07, 6.45) is 4.17. The van der Waals surface area contributed by atoms with Gasteiger partial charge in [0, 0.05) is 32.4 Å². The highest BCUT2D eigenvalue weighted by molar-refractivity contribution is 5.33. The molecule has 0 amide bonds. The number of ether oxygens (including phenoxy) is 1. The molecule has 0 atom stereocenters. The fourth-order valence-corrected chi connectivity index (χ4v) is 2.24. The highest BCUT2D eigenvalue weighted by Gasteiger charge is 2.15. The van der Waals surface area contributed by atoms with Crippen LogP contribution in [0, 0.1) is 0 Å². The van der Waals surface area contributed by atoms with Gasteiger partial charge in [0.2, 0.25) is 0 Å². The van der Waals surface area contributed by atoms with Crippen LogP contribution in [0.3, 0.4) is 0 Å². The molecule has 0 fully saturated rings. The number of hydrogen-bond acceptors (Lipinski definition) is 5. The van der Waals surface area contributed by atoms with Crippen LogP contribution in [0.1, 0.15) is 32.3 Å². The third kappa shape index (κ3) is 5.14. The van der Waals surface area contributed by atoms with Gasteiger partial charge in [0.1, 0.15) is 5.82 Å². The number of hydrazine groups is 1. The van der Waals surface area contributed by atoms with E-state index in [1.165, 1.54) is 5.56 Å².